The molecule has 0 bridgehead atoms. The lowest BCUT2D eigenvalue weighted by molar-refractivity contribution is 0.0697. The first-order valence-corrected chi connectivity index (χ1v) is 5.78. The number of hydrogen-bond donors (Lipinski definition) is 3. The van der Waals surface area contributed by atoms with E-state index >= 15 is 0 Å². The second-order valence-corrected chi connectivity index (χ2v) is 4.18. The number of benzene rings is 1. The van der Waals surface area contributed by atoms with Crippen LogP contribution in [0.15, 0.2) is 30.3 Å². The first-order valence-electron chi connectivity index (χ1n) is 5.41. The Kier molecular flexibility index (Phi) is 3.82. The zero-order valence-electron chi connectivity index (χ0n) is 9.80. The summed E-state index contributed by atoms with van der Waals surface area (Å²) >= 11 is 5.75. The van der Waals surface area contributed by atoms with Gasteiger partial charge < -0.3 is 16.2 Å². The minimum atomic E-state index is -0.949. The predicted octanol–water partition coefficient (Wildman–Crippen LogP) is 2.02. The molecular formula is C12H11ClN4O2. The molecule has 0 unspecified atom stereocenters. The number of carboxylic acid groups (broad SMARTS) is 1. The topological polar surface area (TPSA) is 101 Å². The van der Waals surface area contributed by atoms with Crippen LogP contribution in [0.1, 0.15) is 15.9 Å². The number of aromatic nitrogens is 2. The predicted molar refractivity (Wildman–Crippen MR) is 72.2 cm³/mol. The molecule has 0 spiro atoms. The average Bonchev–Trinajstić information content (AvgIpc) is 2.36. The van der Waals surface area contributed by atoms with Gasteiger partial charge in [0.25, 0.3) is 0 Å². The van der Waals surface area contributed by atoms with Crippen LogP contribution in [0, 0.1) is 0 Å². The van der Waals surface area contributed by atoms with E-state index in [0.717, 1.165) is 5.56 Å². The van der Waals surface area contributed by atoms with Gasteiger partial charge in [0.05, 0.1) is 5.56 Å². The molecule has 1 aromatic carbocycles. The van der Waals surface area contributed by atoms with Crippen LogP contribution in [0.4, 0.5) is 11.8 Å². The summed E-state index contributed by atoms with van der Waals surface area (Å²) in [4.78, 5) is 18.4. The Morgan fingerprint density at radius 1 is 1.32 bits per heavy atom. The molecule has 1 aromatic heterocycles. The maximum Gasteiger partial charge on any atom is 0.335 e. The molecular weight excluding hydrogens is 268 g/mol. The Hall–Kier alpha value is -2.34. The number of nitrogens with two attached hydrogens (primary N) is 1. The van der Waals surface area contributed by atoms with Crippen LogP contribution in [0.5, 0.6) is 0 Å². The van der Waals surface area contributed by atoms with Gasteiger partial charge in [0, 0.05) is 12.6 Å². The number of carbonyl (C=O) groups is 1. The molecule has 98 valence electrons. The summed E-state index contributed by atoms with van der Waals surface area (Å²) in [6, 6.07) is 8.09. The van der Waals surface area contributed by atoms with E-state index in [1.54, 1.807) is 30.3 Å². The van der Waals surface area contributed by atoms with Crippen LogP contribution in [0.2, 0.25) is 5.15 Å². The van der Waals surface area contributed by atoms with Crippen LogP contribution in [-0.4, -0.2) is 21.0 Å². The second-order valence-electron chi connectivity index (χ2n) is 3.79. The van der Waals surface area contributed by atoms with Gasteiger partial charge in [-0.25, -0.2) is 9.78 Å². The third-order valence-corrected chi connectivity index (χ3v) is 2.58. The minimum Gasteiger partial charge on any atom is -0.478 e. The standard InChI is InChI=1S/C12H11ClN4O2/c13-9-5-10(17-12(14)16-9)15-6-7-1-3-8(4-2-7)11(18)19/h1-5H,6H2,(H,18,19)(H3,14,15,16,17). The first-order chi connectivity index (χ1) is 9.04. The number of nitrogens with one attached hydrogen (secondary N) is 1. The van der Waals surface area contributed by atoms with Crippen molar-refractivity contribution in [3.8, 4) is 0 Å². The molecule has 6 nitrogen and oxygen atoms in total. The summed E-state index contributed by atoms with van der Waals surface area (Å²) in [6.07, 6.45) is 0. The molecule has 0 aliphatic heterocycles. The smallest absolute Gasteiger partial charge is 0.335 e. The van der Waals surface area contributed by atoms with Crippen molar-refractivity contribution < 1.29 is 9.90 Å². The van der Waals surface area contributed by atoms with Crippen LogP contribution in [-0.2, 0) is 6.54 Å². The molecule has 0 saturated carbocycles. The highest BCUT2D eigenvalue weighted by atomic mass is 35.5. The molecule has 4 N–H and O–H groups in total. The number of aromatic carboxylic acids is 1. The number of anilines is 2. The fraction of sp³-hybridized carbons (Fsp3) is 0.0833. The monoisotopic (exact) mass is 278 g/mol. The molecule has 0 fully saturated rings. The lowest BCUT2D eigenvalue weighted by atomic mass is 10.1. The maximum atomic E-state index is 10.7. The lowest BCUT2D eigenvalue weighted by Crippen LogP contribution is -2.05. The fourth-order valence-electron chi connectivity index (χ4n) is 1.48. The second kappa shape index (κ2) is 5.53. The third kappa shape index (κ3) is 3.56. The first kappa shape index (κ1) is 13.1. The highest BCUT2D eigenvalue weighted by Crippen LogP contribution is 2.13. The molecule has 1 heterocycles. The zero-order chi connectivity index (χ0) is 13.8. The van der Waals surface area contributed by atoms with Gasteiger partial charge in [-0.3, -0.25) is 0 Å². The van der Waals surface area contributed by atoms with E-state index < -0.39 is 5.97 Å². The van der Waals surface area contributed by atoms with Crippen molar-refractivity contribution in [2.45, 2.75) is 6.54 Å². The van der Waals surface area contributed by atoms with Crippen molar-refractivity contribution in [2.24, 2.45) is 0 Å². The maximum absolute atomic E-state index is 10.7. The summed E-state index contributed by atoms with van der Waals surface area (Å²) in [5.74, 6) is -0.342. The van der Waals surface area contributed by atoms with Gasteiger partial charge in [0.2, 0.25) is 5.95 Å². The van der Waals surface area contributed by atoms with Gasteiger partial charge in [-0.2, -0.15) is 4.98 Å². The van der Waals surface area contributed by atoms with Crippen molar-refractivity contribution in [3.05, 3.63) is 46.6 Å². The summed E-state index contributed by atoms with van der Waals surface area (Å²) in [5.41, 5.74) is 6.63. The molecule has 0 radical (unpaired) electrons. The van der Waals surface area contributed by atoms with E-state index in [9.17, 15) is 4.79 Å². The van der Waals surface area contributed by atoms with Gasteiger partial charge in [0.1, 0.15) is 11.0 Å². The number of halogens is 1. The molecule has 0 aliphatic carbocycles. The van der Waals surface area contributed by atoms with Gasteiger partial charge >= 0.3 is 5.97 Å². The number of carboxylic acids is 1. The molecule has 2 aromatic rings. The zero-order valence-corrected chi connectivity index (χ0v) is 10.6. The summed E-state index contributed by atoms with van der Waals surface area (Å²) in [5, 5.41) is 12.1. The van der Waals surface area contributed by atoms with E-state index in [1.807, 2.05) is 0 Å². The Balaban J connectivity index is 2.03. The van der Waals surface area contributed by atoms with E-state index in [2.05, 4.69) is 15.3 Å². The van der Waals surface area contributed by atoms with Crippen LogP contribution in [0.3, 0.4) is 0 Å². The van der Waals surface area contributed by atoms with Crippen LogP contribution in [0.25, 0.3) is 0 Å². The molecule has 7 heteroatoms. The minimum absolute atomic E-state index is 0.0937. The lowest BCUT2D eigenvalue weighted by Gasteiger charge is -2.06. The van der Waals surface area contributed by atoms with E-state index in [-0.39, 0.29) is 16.7 Å². The number of hydrogen-bond acceptors (Lipinski definition) is 5. The van der Waals surface area contributed by atoms with Gasteiger partial charge in [-0.05, 0) is 17.7 Å². The Bertz CT molecular complexity index is 581. The molecule has 19 heavy (non-hydrogen) atoms. The Morgan fingerprint density at radius 3 is 2.58 bits per heavy atom. The average molecular weight is 279 g/mol. The van der Waals surface area contributed by atoms with Gasteiger partial charge in [0.15, 0.2) is 0 Å². The van der Waals surface area contributed by atoms with Gasteiger partial charge in [-0.15, -0.1) is 0 Å². The Morgan fingerprint density at radius 2 is 2.00 bits per heavy atom. The van der Waals surface area contributed by atoms with Crippen molar-refractivity contribution in [2.75, 3.05) is 11.1 Å². The number of rotatable bonds is 4. The van der Waals surface area contributed by atoms with E-state index in [0.29, 0.717) is 12.4 Å². The SMILES string of the molecule is Nc1nc(Cl)cc(NCc2ccc(C(=O)O)cc2)n1. The molecule has 0 atom stereocenters. The molecule has 0 aliphatic rings. The quantitative estimate of drug-likeness (QED) is 0.740. The summed E-state index contributed by atoms with van der Waals surface area (Å²) in [6.45, 7) is 0.479. The van der Waals surface area contributed by atoms with E-state index in [4.69, 9.17) is 22.4 Å². The van der Waals surface area contributed by atoms with Gasteiger partial charge in [-0.1, -0.05) is 23.7 Å². The molecule has 0 amide bonds. The van der Waals surface area contributed by atoms with E-state index in [1.165, 1.54) is 0 Å². The summed E-state index contributed by atoms with van der Waals surface area (Å²) in [7, 11) is 0. The third-order valence-electron chi connectivity index (χ3n) is 2.39. The van der Waals surface area contributed by atoms with Crippen molar-refractivity contribution in [1.82, 2.24) is 9.97 Å². The highest BCUT2D eigenvalue weighted by Gasteiger charge is 2.03. The highest BCUT2D eigenvalue weighted by molar-refractivity contribution is 6.29. The number of nitrogens with zero attached hydrogens (tertiary/aromatic N) is 2. The Labute approximate surface area is 114 Å². The number of nitrogen functional groups attached to an aromatic ring is 1. The summed E-state index contributed by atoms with van der Waals surface area (Å²) < 4.78 is 0. The van der Waals surface area contributed by atoms with Crippen LogP contribution >= 0.6 is 11.6 Å². The van der Waals surface area contributed by atoms with Crippen molar-refractivity contribution in [1.29, 1.82) is 0 Å². The largest absolute Gasteiger partial charge is 0.478 e. The normalized spacial score (nSPS) is 10.2. The van der Waals surface area contributed by atoms with Crippen molar-refractivity contribution in [3.63, 3.8) is 0 Å². The van der Waals surface area contributed by atoms with Crippen LogP contribution < -0.4 is 11.1 Å². The van der Waals surface area contributed by atoms with Crippen molar-refractivity contribution >= 4 is 29.3 Å². The molecule has 0 saturated heterocycles. The molecule has 2 rings (SSSR count). The fourth-order valence-corrected chi connectivity index (χ4v) is 1.67.